The fourth-order valence-corrected chi connectivity index (χ4v) is 4.71. The average molecular weight is 343 g/mol. The highest BCUT2D eigenvalue weighted by Crippen LogP contribution is 2.62. The van der Waals surface area contributed by atoms with Gasteiger partial charge in [0, 0.05) is 37.3 Å². The van der Waals surface area contributed by atoms with E-state index in [0.29, 0.717) is 13.1 Å². The van der Waals surface area contributed by atoms with Crippen LogP contribution in [0.1, 0.15) is 43.7 Å². The highest BCUT2D eigenvalue weighted by Gasteiger charge is 2.62. The molecule has 3 aliphatic rings. The Bertz CT molecular complexity index is 707. The maximum atomic E-state index is 13.0. The first-order valence-electron chi connectivity index (χ1n) is 9.27. The molecule has 1 heterocycles. The van der Waals surface area contributed by atoms with Crippen molar-refractivity contribution < 1.29 is 19.4 Å². The Labute approximate surface area is 148 Å². The van der Waals surface area contributed by atoms with Gasteiger partial charge in [-0.2, -0.15) is 0 Å². The van der Waals surface area contributed by atoms with Crippen molar-refractivity contribution >= 4 is 11.9 Å². The van der Waals surface area contributed by atoms with Crippen LogP contribution in [-0.4, -0.2) is 47.2 Å². The molecule has 0 unspecified atom stereocenters. The van der Waals surface area contributed by atoms with Crippen molar-refractivity contribution in [3.63, 3.8) is 0 Å². The molecule has 5 heteroatoms. The minimum Gasteiger partial charge on any atom is -0.464 e. The van der Waals surface area contributed by atoms with Crippen LogP contribution in [0.2, 0.25) is 0 Å². The van der Waals surface area contributed by atoms with Gasteiger partial charge in [-0.25, -0.2) is 4.79 Å². The van der Waals surface area contributed by atoms with E-state index >= 15 is 0 Å². The van der Waals surface area contributed by atoms with E-state index in [1.54, 1.807) is 6.92 Å². The number of aliphatic hydroxyl groups is 1. The number of hydrogen-bond acceptors (Lipinski definition) is 4. The Morgan fingerprint density at radius 2 is 1.96 bits per heavy atom. The summed E-state index contributed by atoms with van der Waals surface area (Å²) in [5.41, 5.74) is 1.35. The zero-order chi connectivity index (χ0) is 17.7. The summed E-state index contributed by atoms with van der Waals surface area (Å²) in [5.74, 6) is -0.317. The molecule has 0 aromatic heterocycles. The molecule has 4 rings (SSSR count). The summed E-state index contributed by atoms with van der Waals surface area (Å²) in [4.78, 5) is 26.7. The Hall–Kier alpha value is -1.88. The van der Waals surface area contributed by atoms with E-state index in [-0.39, 0.29) is 36.7 Å². The first kappa shape index (κ1) is 16.6. The summed E-state index contributed by atoms with van der Waals surface area (Å²) < 4.78 is 4.96. The largest absolute Gasteiger partial charge is 0.464 e. The van der Waals surface area contributed by atoms with Gasteiger partial charge in [0.15, 0.2) is 5.60 Å². The van der Waals surface area contributed by atoms with Crippen LogP contribution in [-0.2, 0) is 26.2 Å². The Morgan fingerprint density at radius 1 is 1.24 bits per heavy atom. The summed E-state index contributed by atoms with van der Waals surface area (Å²) in [6.07, 6.45) is 3.56. The van der Waals surface area contributed by atoms with Gasteiger partial charge in [-0.05, 0) is 37.3 Å². The van der Waals surface area contributed by atoms with Gasteiger partial charge in [-0.3, -0.25) is 4.79 Å². The predicted octanol–water partition coefficient (Wildman–Crippen LogP) is 1.81. The highest BCUT2D eigenvalue weighted by molar-refractivity contribution is 5.86. The van der Waals surface area contributed by atoms with Crippen LogP contribution >= 0.6 is 0 Å². The van der Waals surface area contributed by atoms with Crippen LogP contribution in [0.5, 0.6) is 0 Å². The number of benzene rings is 1. The zero-order valence-corrected chi connectivity index (χ0v) is 14.7. The second-order valence-electron chi connectivity index (χ2n) is 7.65. The minimum absolute atomic E-state index is 0.0442. The maximum Gasteiger partial charge on any atom is 0.338 e. The molecule has 1 spiro atoms. The number of ether oxygens (including phenoxy) is 1. The van der Waals surface area contributed by atoms with E-state index in [1.807, 2.05) is 4.90 Å². The molecule has 1 saturated carbocycles. The van der Waals surface area contributed by atoms with Gasteiger partial charge < -0.3 is 14.7 Å². The lowest BCUT2D eigenvalue weighted by molar-refractivity contribution is -0.171. The molecule has 1 N–H and O–H groups in total. The number of carbonyl (C=O) groups is 2. The third kappa shape index (κ3) is 2.56. The molecule has 0 bridgehead atoms. The molecule has 5 nitrogen and oxygen atoms in total. The Kier molecular flexibility index (Phi) is 3.87. The first-order chi connectivity index (χ1) is 12.0. The molecule has 0 radical (unpaired) electrons. The summed E-state index contributed by atoms with van der Waals surface area (Å²) >= 11 is 0. The molecular formula is C20H25NO4. The van der Waals surface area contributed by atoms with Crippen molar-refractivity contribution in [2.45, 2.75) is 50.0 Å². The van der Waals surface area contributed by atoms with Crippen LogP contribution in [0.3, 0.4) is 0 Å². The molecule has 134 valence electrons. The Morgan fingerprint density at radius 3 is 2.68 bits per heavy atom. The fraction of sp³-hybridized carbons (Fsp3) is 0.600. The maximum absolute atomic E-state index is 13.0. The second kappa shape index (κ2) is 5.84. The number of hydrogen-bond donors (Lipinski definition) is 1. The number of likely N-dealkylation sites (tertiary alicyclic amines) is 1. The van der Waals surface area contributed by atoms with Crippen molar-refractivity contribution in [3.05, 3.63) is 35.4 Å². The Balaban J connectivity index is 1.41. The van der Waals surface area contributed by atoms with Gasteiger partial charge in [0.1, 0.15) is 0 Å². The normalized spacial score (nSPS) is 29.4. The van der Waals surface area contributed by atoms with Crippen molar-refractivity contribution in [1.82, 2.24) is 4.90 Å². The lowest BCUT2D eigenvalue weighted by Gasteiger charge is -2.36. The first-order valence-corrected chi connectivity index (χ1v) is 9.27. The fourth-order valence-electron chi connectivity index (χ4n) is 4.71. The van der Waals surface area contributed by atoms with Gasteiger partial charge in [0.2, 0.25) is 5.91 Å². The molecule has 2 aliphatic carbocycles. The molecule has 2 fully saturated rings. The topological polar surface area (TPSA) is 66.8 Å². The number of esters is 1. The monoisotopic (exact) mass is 343 g/mol. The van der Waals surface area contributed by atoms with Crippen molar-refractivity contribution in [1.29, 1.82) is 0 Å². The summed E-state index contributed by atoms with van der Waals surface area (Å²) in [5, 5.41) is 10.4. The van der Waals surface area contributed by atoms with E-state index in [1.165, 1.54) is 11.1 Å². The number of aryl methyl sites for hydroxylation is 1. The third-order valence-electron chi connectivity index (χ3n) is 6.33. The average Bonchev–Trinajstić information content (AvgIpc) is 3.24. The summed E-state index contributed by atoms with van der Waals surface area (Å²) in [7, 11) is 0. The van der Waals surface area contributed by atoms with Crippen LogP contribution < -0.4 is 0 Å². The smallest absolute Gasteiger partial charge is 0.338 e. The van der Waals surface area contributed by atoms with Crippen LogP contribution in [0.25, 0.3) is 0 Å². The molecule has 1 aromatic carbocycles. The van der Waals surface area contributed by atoms with Crippen molar-refractivity contribution in [2.75, 3.05) is 19.7 Å². The van der Waals surface area contributed by atoms with E-state index < -0.39 is 11.6 Å². The van der Waals surface area contributed by atoms with Gasteiger partial charge in [0.25, 0.3) is 0 Å². The predicted molar refractivity (Wildman–Crippen MR) is 91.9 cm³/mol. The lowest BCUT2D eigenvalue weighted by atomic mass is 9.90. The molecule has 25 heavy (non-hydrogen) atoms. The summed E-state index contributed by atoms with van der Waals surface area (Å²) in [6.45, 7) is 2.82. The number of nitrogens with zero attached hydrogens (tertiary/aromatic N) is 1. The molecule has 1 aromatic rings. The second-order valence-corrected chi connectivity index (χ2v) is 7.65. The van der Waals surface area contributed by atoms with E-state index in [2.05, 4.69) is 24.3 Å². The number of piperidine rings is 1. The van der Waals surface area contributed by atoms with Crippen LogP contribution in [0.15, 0.2) is 24.3 Å². The molecule has 1 saturated heterocycles. The van der Waals surface area contributed by atoms with Crippen LogP contribution in [0, 0.1) is 5.92 Å². The molecular weight excluding hydrogens is 318 g/mol. The highest BCUT2D eigenvalue weighted by atomic mass is 16.5. The van der Waals surface area contributed by atoms with E-state index in [9.17, 15) is 14.7 Å². The van der Waals surface area contributed by atoms with Gasteiger partial charge in [0.05, 0.1) is 6.61 Å². The molecule has 1 amide bonds. The standard InChI is InChI=1S/C20H25NO4/c1-2-25-18(23)20(24)9-11-21(12-10-20)17(22)16-13-19(16)8-7-14-5-3-4-6-15(14)19/h3-6,16,24H,2,7-13H2,1H3/t16-,19-/m1/s1. The van der Waals surface area contributed by atoms with E-state index in [0.717, 1.165) is 19.3 Å². The minimum atomic E-state index is -1.44. The molecule has 1 aliphatic heterocycles. The van der Waals surface area contributed by atoms with Gasteiger partial charge >= 0.3 is 5.97 Å². The summed E-state index contributed by atoms with van der Waals surface area (Å²) in [6, 6.07) is 8.47. The quantitative estimate of drug-likeness (QED) is 0.850. The van der Waals surface area contributed by atoms with Crippen molar-refractivity contribution in [2.24, 2.45) is 5.92 Å². The number of carbonyl (C=O) groups excluding carboxylic acids is 2. The SMILES string of the molecule is CCOC(=O)C1(O)CCN(C(=O)[C@H]2C[C@@]23CCc2ccccc23)CC1. The van der Waals surface area contributed by atoms with Crippen molar-refractivity contribution in [3.8, 4) is 0 Å². The van der Waals surface area contributed by atoms with Gasteiger partial charge in [-0.1, -0.05) is 24.3 Å². The zero-order valence-electron chi connectivity index (χ0n) is 14.7. The lowest BCUT2D eigenvalue weighted by Crippen LogP contribution is -2.52. The number of rotatable bonds is 3. The number of fused-ring (bicyclic) bond motifs is 2. The van der Waals surface area contributed by atoms with E-state index in [4.69, 9.17) is 4.74 Å². The van der Waals surface area contributed by atoms with Crippen LogP contribution in [0.4, 0.5) is 0 Å². The third-order valence-corrected chi connectivity index (χ3v) is 6.33. The van der Waals surface area contributed by atoms with Gasteiger partial charge in [-0.15, -0.1) is 0 Å². The molecule has 2 atom stereocenters. The number of amides is 1.